The van der Waals surface area contributed by atoms with Crippen LogP contribution in [0.15, 0.2) is 18.2 Å². The quantitative estimate of drug-likeness (QED) is 0.882. The lowest BCUT2D eigenvalue weighted by Gasteiger charge is -2.36. The molecule has 1 heterocycles. The number of hydrogen-bond acceptors (Lipinski definition) is 2. The molecule has 0 unspecified atom stereocenters. The van der Waals surface area contributed by atoms with Crippen molar-refractivity contribution >= 4 is 11.6 Å². The van der Waals surface area contributed by atoms with Crippen LogP contribution >= 0.6 is 11.6 Å². The van der Waals surface area contributed by atoms with Gasteiger partial charge in [0.05, 0.1) is 0 Å². The molecule has 3 heteroatoms. The van der Waals surface area contributed by atoms with Crippen molar-refractivity contribution in [1.82, 2.24) is 10.2 Å². The van der Waals surface area contributed by atoms with E-state index in [-0.39, 0.29) is 0 Å². The molecule has 0 aromatic heterocycles. The maximum absolute atomic E-state index is 6.52. The van der Waals surface area contributed by atoms with Crippen LogP contribution in [0.4, 0.5) is 0 Å². The van der Waals surface area contributed by atoms with Gasteiger partial charge in [0.15, 0.2) is 0 Å². The Kier molecular flexibility index (Phi) is 5.88. The topological polar surface area (TPSA) is 15.3 Å². The van der Waals surface area contributed by atoms with Crippen LogP contribution in [0.3, 0.4) is 0 Å². The van der Waals surface area contributed by atoms with Gasteiger partial charge >= 0.3 is 0 Å². The molecule has 1 saturated heterocycles. The largest absolute Gasteiger partial charge is 0.314 e. The van der Waals surface area contributed by atoms with Crippen LogP contribution in [0, 0.1) is 12.8 Å². The van der Waals surface area contributed by atoms with E-state index in [9.17, 15) is 0 Å². The average Bonchev–Trinajstić information content (AvgIpc) is 2.42. The number of nitrogens with zero attached hydrogens (tertiary/aromatic N) is 1. The third kappa shape index (κ3) is 3.97. The standard InChI is InChI=1S/C17H27ClN2/c1-13(2)7-8-16(20-11-9-19-10-12-20)17-14(3)5-4-6-15(17)18/h4-6,13,16,19H,7-12H2,1-3H3/t16-/m1/s1. The maximum Gasteiger partial charge on any atom is 0.0456 e. The van der Waals surface area contributed by atoms with E-state index in [1.165, 1.54) is 24.0 Å². The van der Waals surface area contributed by atoms with E-state index in [1.807, 2.05) is 6.07 Å². The minimum Gasteiger partial charge on any atom is -0.314 e. The van der Waals surface area contributed by atoms with E-state index < -0.39 is 0 Å². The first kappa shape index (κ1) is 15.8. The normalized spacial score (nSPS) is 18.4. The second-order valence-electron chi connectivity index (χ2n) is 6.24. The number of piperazine rings is 1. The maximum atomic E-state index is 6.52. The fraction of sp³-hybridized carbons (Fsp3) is 0.647. The van der Waals surface area contributed by atoms with E-state index in [4.69, 9.17) is 11.6 Å². The van der Waals surface area contributed by atoms with Crippen molar-refractivity contribution in [2.45, 2.75) is 39.7 Å². The van der Waals surface area contributed by atoms with Crippen molar-refractivity contribution in [3.8, 4) is 0 Å². The summed E-state index contributed by atoms with van der Waals surface area (Å²) in [7, 11) is 0. The molecule has 1 atom stereocenters. The summed E-state index contributed by atoms with van der Waals surface area (Å²) in [5, 5.41) is 4.37. The summed E-state index contributed by atoms with van der Waals surface area (Å²) < 4.78 is 0. The van der Waals surface area contributed by atoms with Crippen molar-refractivity contribution in [2.24, 2.45) is 5.92 Å². The molecule has 0 radical (unpaired) electrons. The number of aryl methyl sites for hydroxylation is 1. The lowest BCUT2D eigenvalue weighted by Crippen LogP contribution is -2.45. The van der Waals surface area contributed by atoms with Gasteiger partial charge in [-0.3, -0.25) is 4.90 Å². The van der Waals surface area contributed by atoms with Gasteiger partial charge in [-0.15, -0.1) is 0 Å². The van der Waals surface area contributed by atoms with Crippen LogP contribution in [-0.2, 0) is 0 Å². The fourth-order valence-electron chi connectivity index (χ4n) is 3.06. The van der Waals surface area contributed by atoms with Gasteiger partial charge in [0.1, 0.15) is 0 Å². The van der Waals surface area contributed by atoms with Gasteiger partial charge in [-0.2, -0.15) is 0 Å². The molecule has 0 amide bonds. The van der Waals surface area contributed by atoms with Crippen LogP contribution in [0.25, 0.3) is 0 Å². The predicted molar refractivity (Wildman–Crippen MR) is 87.4 cm³/mol. The zero-order valence-corrected chi connectivity index (χ0v) is 13.7. The Morgan fingerprint density at radius 2 is 1.90 bits per heavy atom. The van der Waals surface area contributed by atoms with Gasteiger partial charge in [-0.25, -0.2) is 0 Å². The SMILES string of the molecule is Cc1cccc(Cl)c1[C@@H](CCC(C)C)N1CCNCC1. The van der Waals surface area contributed by atoms with Gasteiger partial charge in [-0.05, 0) is 42.9 Å². The Hall–Kier alpha value is -0.570. The summed E-state index contributed by atoms with van der Waals surface area (Å²) in [6, 6.07) is 6.74. The van der Waals surface area contributed by atoms with Crippen molar-refractivity contribution in [1.29, 1.82) is 0 Å². The Balaban J connectivity index is 2.24. The lowest BCUT2D eigenvalue weighted by atomic mass is 9.93. The summed E-state index contributed by atoms with van der Waals surface area (Å²) in [5.74, 6) is 0.739. The van der Waals surface area contributed by atoms with Gasteiger partial charge < -0.3 is 5.32 Å². The minimum absolute atomic E-state index is 0.466. The van der Waals surface area contributed by atoms with Crippen molar-refractivity contribution in [3.05, 3.63) is 34.3 Å². The van der Waals surface area contributed by atoms with Gasteiger partial charge in [0.25, 0.3) is 0 Å². The zero-order valence-electron chi connectivity index (χ0n) is 13.0. The molecule has 1 aliphatic rings. The zero-order chi connectivity index (χ0) is 14.5. The summed E-state index contributed by atoms with van der Waals surface area (Å²) in [4.78, 5) is 2.60. The average molecular weight is 295 g/mol. The molecule has 0 spiro atoms. The molecule has 20 heavy (non-hydrogen) atoms. The molecule has 2 rings (SSSR count). The van der Waals surface area contributed by atoms with Crippen molar-refractivity contribution < 1.29 is 0 Å². The van der Waals surface area contributed by atoms with Crippen LogP contribution in [-0.4, -0.2) is 31.1 Å². The Bertz CT molecular complexity index is 405. The molecule has 0 bridgehead atoms. The highest BCUT2D eigenvalue weighted by atomic mass is 35.5. The van der Waals surface area contributed by atoms with Crippen molar-refractivity contribution in [3.63, 3.8) is 0 Å². The number of nitrogens with one attached hydrogen (secondary N) is 1. The van der Waals surface area contributed by atoms with E-state index >= 15 is 0 Å². The molecule has 1 fully saturated rings. The molecule has 1 aliphatic heterocycles. The first-order valence-corrected chi connectivity index (χ1v) is 8.17. The van der Waals surface area contributed by atoms with E-state index in [1.54, 1.807) is 0 Å². The highest BCUT2D eigenvalue weighted by Gasteiger charge is 2.25. The Morgan fingerprint density at radius 3 is 2.50 bits per heavy atom. The predicted octanol–water partition coefficient (Wildman–Crippen LogP) is 4.03. The summed E-state index contributed by atoms with van der Waals surface area (Å²) in [6.45, 7) is 11.2. The van der Waals surface area contributed by atoms with Crippen LogP contribution in [0.1, 0.15) is 43.9 Å². The summed E-state index contributed by atoms with van der Waals surface area (Å²) in [6.07, 6.45) is 2.45. The summed E-state index contributed by atoms with van der Waals surface area (Å²) >= 11 is 6.52. The van der Waals surface area contributed by atoms with Gasteiger partial charge in [0.2, 0.25) is 0 Å². The second kappa shape index (κ2) is 7.44. The van der Waals surface area contributed by atoms with Crippen LogP contribution < -0.4 is 5.32 Å². The lowest BCUT2D eigenvalue weighted by molar-refractivity contribution is 0.159. The molecular weight excluding hydrogens is 268 g/mol. The highest BCUT2D eigenvalue weighted by molar-refractivity contribution is 6.31. The Morgan fingerprint density at radius 1 is 1.20 bits per heavy atom. The van der Waals surface area contributed by atoms with E-state index in [2.05, 4.69) is 43.1 Å². The minimum atomic E-state index is 0.466. The van der Waals surface area contributed by atoms with E-state index in [0.717, 1.165) is 37.1 Å². The molecular formula is C17H27ClN2. The van der Waals surface area contributed by atoms with Crippen LogP contribution in [0.2, 0.25) is 5.02 Å². The van der Waals surface area contributed by atoms with Crippen LogP contribution in [0.5, 0.6) is 0 Å². The second-order valence-corrected chi connectivity index (χ2v) is 6.65. The Labute approximate surface area is 128 Å². The van der Waals surface area contributed by atoms with Crippen molar-refractivity contribution in [2.75, 3.05) is 26.2 Å². The molecule has 0 saturated carbocycles. The van der Waals surface area contributed by atoms with E-state index in [0.29, 0.717) is 6.04 Å². The fourth-order valence-corrected chi connectivity index (χ4v) is 3.41. The molecule has 0 aliphatic carbocycles. The first-order valence-electron chi connectivity index (χ1n) is 7.79. The molecule has 1 aromatic rings. The number of halogens is 1. The molecule has 112 valence electrons. The third-order valence-electron chi connectivity index (χ3n) is 4.21. The van der Waals surface area contributed by atoms with Gasteiger partial charge in [0, 0.05) is 37.2 Å². The molecule has 1 aromatic carbocycles. The monoisotopic (exact) mass is 294 g/mol. The molecule has 1 N–H and O–H groups in total. The highest BCUT2D eigenvalue weighted by Crippen LogP contribution is 2.34. The third-order valence-corrected chi connectivity index (χ3v) is 4.54. The molecule has 2 nitrogen and oxygen atoms in total. The van der Waals surface area contributed by atoms with Gasteiger partial charge in [-0.1, -0.05) is 37.6 Å². The number of rotatable bonds is 5. The first-order chi connectivity index (χ1) is 9.59. The smallest absolute Gasteiger partial charge is 0.0456 e. The summed E-state index contributed by atoms with van der Waals surface area (Å²) in [5.41, 5.74) is 2.67. The number of benzene rings is 1. The number of hydrogen-bond donors (Lipinski definition) is 1.